The molecule has 13 heteroatoms. The molecule has 7 rings (SSSR count). The van der Waals surface area contributed by atoms with Crippen LogP contribution in [0.1, 0.15) is 48.3 Å². The lowest BCUT2D eigenvalue weighted by Crippen LogP contribution is -2.46. The van der Waals surface area contributed by atoms with Crippen molar-refractivity contribution in [3.63, 3.8) is 0 Å². The van der Waals surface area contributed by atoms with Crippen molar-refractivity contribution in [1.82, 2.24) is 25.0 Å². The van der Waals surface area contributed by atoms with Gasteiger partial charge in [0.2, 0.25) is 11.7 Å². The van der Waals surface area contributed by atoms with Crippen molar-refractivity contribution in [2.75, 3.05) is 55.2 Å². The smallest absolute Gasteiger partial charge is 0.244 e. The lowest BCUT2D eigenvalue weighted by molar-refractivity contribution is 0.101. The summed E-state index contributed by atoms with van der Waals surface area (Å²) in [6.07, 6.45) is 3.50. The SMILES string of the molecule is CC(C)(C)c1cc(NCOCNc2ccc3oc(C(=O)c4cc5c(CN6CCN(c7ncccn7)CC6)c(O)ccc5[nH]4)cc3c2)no1. The van der Waals surface area contributed by atoms with E-state index in [2.05, 4.69) is 61.3 Å². The average molecular weight is 651 g/mol. The number of carbonyl (C=O) groups excluding carboxylic acids is 1. The summed E-state index contributed by atoms with van der Waals surface area (Å²) in [4.78, 5) is 30.0. The Kier molecular flexibility index (Phi) is 8.46. The molecule has 0 bridgehead atoms. The number of aromatic amines is 1. The summed E-state index contributed by atoms with van der Waals surface area (Å²) in [5.74, 6) is 2.30. The number of anilines is 3. The minimum absolute atomic E-state index is 0.120. The van der Waals surface area contributed by atoms with Crippen LogP contribution in [0, 0.1) is 0 Å². The number of phenols is 1. The molecule has 1 aliphatic heterocycles. The molecule has 2 aromatic carbocycles. The fraction of sp³-hybridized carbons (Fsp3) is 0.314. The first-order valence-electron chi connectivity index (χ1n) is 15.9. The molecule has 0 aliphatic carbocycles. The fourth-order valence-electron chi connectivity index (χ4n) is 5.75. The number of piperazine rings is 1. The number of ether oxygens (including phenoxy) is 1. The third-order valence-electron chi connectivity index (χ3n) is 8.45. The highest BCUT2D eigenvalue weighted by Crippen LogP contribution is 2.31. The number of phenolic OH excluding ortho intramolecular Hbond substituents is 1. The molecular formula is C35H38N8O5. The molecule has 0 radical (unpaired) electrons. The van der Waals surface area contributed by atoms with Crippen LogP contribution in [0.3, 0.4) is 0 Å². The van der Waals surface area contributed by atoms with Gasteiger partial charge in [0.1, 0.15) is 30.6 Å². The third-order valence-corrected chi connectivity index (χ3v) is 8.45. The van der Waals surface area contributed by atoms with Crippen molar-refractivity contribution in [2.24, 2.45) is 0 Å². The number of rotatable bonds is 11. The quantitative estimate of drug-likeness (QED) is 0.0771. The lowest BCUT2D eigenvalue weighted by Gasteiger charge is -2.34. The van der Waals surface area contributed by atoms with Crippen molar-refractivity contribution in [3.8, 4) is 5.75 Å². The van der Waals surface area contributed by atoms with Crippen molar-refractivity contribution in [3.05, 3.63) is 89.8 Å². The third kappa shape index (κ3) is 6.68. The van der Waals surface area contributed by atoms with Crippen LogP contribution in [-0.4, -0.2) is 75.5 Å². The van der Waals surface area contributed by atoms with Gasteiger partial charge in [0.05, 0.1) is 5.69 Å². The van der Waals surface area contributed by atoms with Gasteiger partial charge in [0.15, 0.2) is 11.6 Å². The molecule has 0 saturated carbocycles. The molecular weight excluding hydrogens is 612 g/mol. The maximum atomic E-state index is 13.6. The first-order valence-corrected chi connectivity index (χ1v) is 15.9. The molecule has 1 saturated heterocycles. The normalized spacial score (nSPS) is 14.2. The van der Waals surface area contributed by atoms with Crippen molar-refractivity contribution in [2.45, 2.75) is 32.7 Å². The topological polar surface area (TPSA) is 158 Å². The largest absolute Gasteiger partial charge is 0.508 e. The number of furan rings is 1. The van der Waals surface area contributed by atoms with Crippen LogP contribution in [-0.2, 0) is 16.7 Å². The first-order chi connectivity index (χ1) is 23.2. The summed E-state index contributed by atoms with van der Waals surface area (Å²) >= 11 is 0. The van der Waals surface area contributed by atoms with Crippen LogP contribution in [0.15, 0.2) is 75.9 Å². The fourth-order valence-corrected chi connectivity index (χ4v) is 5.75. The number of aromatic hydroxyl groups is 1. The Labute approximate surface area is 276 Å². The molecule has 5 heterocycles. The van der Waals surface area contributed by atoms with Crippen molar-refractivity contribution in [1.29, 1.82) is 0 Å². The summed E-state index contributed by atoms with van der Waals surface area (Å²) < 4.78 is 17.0. The summed E-state index contributed by atoms with van der Waals surface area (Å²) in [5, 5.41) is 22.7. The molecule has 4 aromatic heterocycles. The highest BCUT2D eigenvalue weighted by molar-refractivity contribution is 6.10. The van der Waals surface area contributed by atoms with Gasteiger partial charge >= 0.3 is 0 Å². The summed E-state index contributed by atoms with van der Waals surface area (Å²) in [7, 11) is 0. The number of ketones is 1. The van der Waals surface area contributed by atoms with Gasteiger partial charge in [0.25, 0.3) is 0 Å². The van der Waals surface area contributed by atoms with E-state index in [1.165, 1.54) is 0 Å². The van der Waals surface area contributed by atoms with E-state index in [9.17, 15) is 9.90 Å². The molecule has 0 atom stereocenters. The Morgan fingerprint density at radius 3 is 2.56 bits per heavy atom. The van der Waals surface area contributed by atoms with Gasteiger partial charge in [-0.1, -0.05) is 25.9 Å². The van der Waals surface area contributed by atoms with Gasteiger partial charge in [-0.05, 0) is 48.5 Å². The Morgan fingerprint density at radius 2 is 1.79 bits per heavy atom. The number of aromatic nitrogens is 4. The lowest BCUT2D eigenvalue weighted by atomic mass is 9.93. The molecule has 1 fully saturated rings. The average Bonchev–Trinajstić information content (AvgIpc) is 3.85. The van der Waals surface area contributed by atoms with E-state index in [1.807, 2.05) is 30.3 Å². The molecule has 1 aliphatic rings. The van der Waals surface area contributed by atoms with E-state index in [-0.39, 0.29) is 36.2 Å². The van der Waals surface area contributed by atoms with Gasteiger partial charge in [-0.15, -0.1) is 0 Å². The number of fused-ring (bicyclic) bond motifs is 2. The van der Waals surface area contributed by atoms with Crippen LogP contribution in [0.2, 0.25) is 0 Å². The molecule has 4 N–H and O–H groups in total. The monoisotopic (exact) mass is 650 g/mol. The molecule has 48 heavy (non-hydrogen) atoms. The summed E-state index contributed by atoms with van der Waals surface area (Å²) in [6.45, 7) is 10.4. The van der Waals surface area contributed by atoms with Gasteiger partial charge in [-0.2, -0.15) is 0 Å². The van der Waals surface area contributed by atoms with Crippen LogP contribution in [0.4, 0.5) is 17.5 Å². The Morgan fingerprint density at radius 1 is 1.00 bits per heavy atom. The Balaban J connectivity index is 0.974. The molecule has 0 amide bonds. The number of nitrogens with zero attached hydrogens (tertiary/aromatic N) is 5. The zero-order valence-electron chi connectivity index (χ0n) is 27.1. The number of H-pyrrole nitrogens is 1. The second-order valence-corrected chi connectivity index (χ2v) is 12.9. The number of nitrogens with one attached hydrogen (secondary N) is 3. The van der Waals surface area contributed by atoms with E-state index < -0.39 is 0 Å². The number of hydrogen-bond acceptors (Lipinski definition) is 12. The van der Waals surface area contributed by atoms with E-state index >= 15 is 0 Å². The van der Waals surface area contributed by atoms with Crippen molar-refractivity contribution < 1.29 is 23.6 Å². The van der Waals surface area contributed by atoms with Crippen LogP contribution >= 0.6 is 0 Å². The zero-order chi connectivity index (χ0) is 33.3. The highest BCUT2D eigenvalue weighted by Gasteiger charge is 2.23. The molecule has 0 unspecified atom stereocenters. The Bertz CT molecular complexity index is 2040. The summed E-state index contributed by atoms with van der Waals surface area (Å²) in [5.41, 5.74) is 3.25. The van der Waals surface area contributed by atoms with E-state index in [4.69, 9.17) is 13.7 Å². The number of carbonyl (C=O) groups is 1. The van der Waals surface area contributed by atoms with Crippen LogP contribution < -0.4 is 15.5 Å². The predicted molar refractivity (Wildman–Crippen MR) is 182 cm³/mol. The maximum Gasteiger partial charge on any atom is 0.244 e. The molecule has 6 aromatic rings. The Hall–Kier alpha value is -5.40. The molecule has 13 nitrogen and oxygen atoms in total. The number of benzene rings is 2. The van der Waals surface area contributed by atoms with Crippen LogP contribution in [0.25, 0.3) is 21.9 Å². The van der Waals surface area contributed by atoms with E-state index in [0.29, 0.717) is 23.6 Å². The number of hydrogen-bond donors (Lipinski definition) is 4. The predicted octanol–water partition coefficient (Wildman–Crippen LogP) is 5.70. The second-order valence-electron chi connectivity index (χ2n) is 12.9. The first kappa shape index (κ1) is 31.2. The minimum atomic E-state index is -0.268. The standard InChI is InChI=1S/C35H38N8O5/c1-35(2,3)31-18-32(41-48-31)39-21-46-20-38-23-5-8-29-22(15-23)16-30(47-29)33(45)27-17-24-25(28(44)7-6-26(24)40-27)19-42-11-13-43(14-12-42)34-36-9-4-10-37-34/h4-10,15-18,38,40,44H,11-14,19-21H2,1-3H3,(H,39,41). The van der Waals surface area contributed by atoms with Gasteiger partial charge in [-0.25, -0.2) is 9.97 Å². The van der Waals surface area contributed by atoms with E-state index in [1.54, 1.807) is 36.7 Å². The second kappa shape index (κ2) is 13.0. The maximum absolute atomic E-state index is 13.6. The minimum Gasteiger partial charge on any atom is -0.508 e. The zero-order valence-corrected chi connectivity index (χ0v) is 27.1. The molecule has 0 spiro atoms. The van der Waals surface area contributed by atoms with Gasteiger partial charge in [0, 0.05) is 84.1 Å². The van der Waals surface area contributed by atoms with Crippen molar-refractivity contribution >= 4 is 45.1 Å². The summed E-state index contributed by atoms with van der Waals surface area (Å²) in [6, 6.07) is 16.3. The molecule has 248 valence electrons. The van der Waals surface area contributed by atoms with Gasteiger partial charge in [-0.3, -0.25) is 9.69 Å². The van der Waals surface area contributed by atoms with Crippen LogP contribution in [0.5, 0.6) is 5.75 Å². The van der Waals surface area contributed by atoms with Gasteiger partial charge < -0.3 is 39.3 Å². The highest BCUT2D eigenvalue weighted by atomic mass is 16.5. The van der Waals surface area contributed by atoms with E-state index in [0.717, 1.165) is 65.4 Å².